The van der Waals surface area contributed by atoms with Gasteiger partial charge in [-0.1, -0.05) is 6.92 Å². The Morgan fingerprint density at radius 1 is 1.53 bits per heavy atom. The smallest absolute Gasteiger partial charge is 0.263 e. The summed E-state index contributed by atoms with van der Waals surface area (Å²) in [7, 11) is 3.74. The van der Waals surface area contributed by atoms with Crippen LogP contribution in [-0.4, -0.2) is 38.0 Å². The van der Waals surface area contributed by atoms with E-state index in [2.05, 4.69) is 19.2 Å². The predicted octanol–water partition coefficient (Wildman–Crippen LogP) is 2.33. The van der Waals surface area contributed by atoms with Crippen LogP contribution in [0.4, 0.5) is 0 Å². The SMILES string of the molecule is CCc1sc(C(=O)N(C)CCNC)cc1C.Cl. The molecule has 1 aromatic heterocycles. The number of thiophene rings is 1. The first-order chi connectivity index (χ1) is 7.60. The van der Waals surface area contributed by atoms with Gasteiger partial charge in [0.05, 0.1) is 4.88 Å². The topological polar surface area (TPSA) is 32.3 Å². The Kier molecular flexibility index (Phi) is 7.43. The molecule has 0 unspecified atom stereocenters. The van der Waals surface area contributed by atoms with Crippen LogP contribution < -0.4 is 5.32 Å². The molecule has 0 aliphatic rings. The van der Waals surface area contributed by atoms with Crippen molar-refractivity contribution in [3.8, 4) is 0 Å². The van der Waals surface area contributed by atoms with Gasteiger partial charge in [0.25, 0.3) is 5.91 Å². The van der Waals surface area contributed by atoms with Gasteiger partial charge in [-0.2, -0.15) is 0 Å². The van der Waals surface area contributed by atoms with E-state index in [1.165, 1.54) is 10.4 Å². The molecule has 1 amide bonds. The normalized spacial score (nSPS) is 9.88. The van der Waals surface area contributed by atoms with E-state index in [0.29, 0.717) is 0 Å². The Bertz CT molecular complexity index is 365. The van der Waals surface area contributed by atoms with Gasteiger partial charge in [-0.25, -0.2) is 0 Å². The maximum Gasteiger partial charge on any atom is 0.263 e. The lowest BCUT2D eigenvalue weighted by Crippen LogP contribution is -2.32. The van der Waals surface area contributed by atoms with Crippen LogP contribution in [0.5, 0.6) is 0 Å². The number of halogens is 1. The van der Waals surface area contributed by atoms with Gasteiger partial charge in [-0.15, -0.1) is 23.7 Å². The summed E-state index contributed by atoms with van der Waals surface area (Å²) in [6, 6.07) is 2.00. The van der Waals surface area contributed by atoms with E-state index in [1.54, 1.807) is 16.2 Å². The highest BCUT2D eigenvalue weighted by Gasteiger charge is 2.15. The Labute approximate surface area is 114 Å². The van der Waals surface area contributed by atoms with Crippen molar-refractivity contribution in [1.82, 2.24) is 10.2 Å². The van der Waals surface area contributed by atoms with Crippen LogP contribution in [-0.2, 0) is 6.42 Å². The number of carbonyl (C=O) groups is 1. The molecule has 1 N–H and O–H groups in total. The number of nitrogens with zero attached hydrogens (tertiary/aromatic N) is 1. The van der Waals surface area contributed by atoms with E-state index in [0.717, 1.165) is 24.4 Å². The highest BCUT2D eigenvalue weighted by molar-refractivity contribution is 7.14. The van der Waals surface area contributed by atoms with Crippen molar-refractivity contribution in [1.29, 1.82) is 0 Å². The summed E-state index contributed by atoms with van der Waals surface area (Å²) in [5.41, 5.74) is 1.23. The quantitative estimate of drug-likeness (QED) is 0.895. The number of rotatable bonds is 5. The van der Waals surface area contributed by atoms with E-state index in [4.69, 9.17) is 0 Å². The number of likely N-dealkylation sites (N-methyl/N-ethyl adjacent to an activating group) is 2. The predicted molar refractivity (Wildman–Crippen MR) is 76.6 cm³/mol. The minimum absolute atomic E-state index is 0. The average molecular weight is 277 g/mol. The fourth-order valence-corrected chi connectivity index (χ4v) is 2.65. The molecule has 1 rings (SSSR count). The molecule has 5 heteroatoms. The maximum atomic E-state index is 12.0. The number of nitrogens with one attached hydrogen (secondary N) is 1. The maximum absolute atomic E-state index is 12.0. The van der Waals surface area contributed by atoms with Crippen molar-refractivity contribution in [2.45, 2.75) is 20.3 Å². The number of hydrogen-bond acceptors (Lipinski definition) is 3. The van der Waals surface area contributed by atoms with Gasteiger partial charge in [0, 0.05) is 25.0 Å². The molecular weight excluding hydrogens is 256 g/mol. The van der Waals surface area contributed by atoms with Crippen LogP contribution in [0.25, 0.3) is 0 Å². The molecule has 0 spiro atoms. The molecule has 17 heavy (non-hydrogen) atoms. The molecule has 0 radical (unpaired) electrons. The van der Waals surface area contributed by atoms with Crippen LogP contribution in [0.3, 0.4) is 0 Å². The van der Waals surface area contributed by atoms with Gasteiger partial charge in [-0.05, 0) is 32.0 Å². The highest BCUT2D eigenvalue weighted by atomic mass is 35.5. The van der Waals surface area contributed by atoms with E-state index in [1.807, 2.05) is 20.2 Å². The largest absolute Gasteiger partial charge is 0.340 e. The molecule has 0 fully saturated rings. The molecule has 0 aliphatic carbocycles. The second-order valence-corrected chi connectivity index (χ2v) is 5.04. The fourth-order valence-electron chi connectivity index (χ4n) is 1.55. The molecule has 1 heterocycles. The van der Waals surface area contributed by atoms with Crippen LogP contribution in [0.1, 0.15) is 27.0 Å². The standard InChI is InChI=1S/C12H20N2OS.ClH/c1-5-10-9(2)8-11(16-10)12(15)14(4)7-6-13-3;/h8,13H,5-7H2,1-4H3;1H. The van der Waals surface area contributed by atoms with Crippen LogP contribution in [0.15, 0.2) is 6.07 Å². The monoisotopic (exact) mass is 276 g/mol. The van der Waals surface area contributed by atoms with Crippen LogP contribution in [0.2, 0.25) is 0 Å². The number of amides is 1. The lowest BCUT2D eigenvalue weighted by molar-refractivity contribution is 0.0801. The lowest BCUT2D eigenvalue weighted by atomic mass is 10.2. The summed E-state index contributed by atoms with van der Waals surface area (Å²) in [5.74, 6) is 0.128. The van der Waals surface area contributed by atoms with Crippen molar-refractivity contribution >= 4 is 29.7 Å². The lowest BCUT2D eigenvalue weighted by Gasteiger charge is -2.15. The Balaban J connectivity index is 0.00000256. The zero-order chi connectivity index (χ0) is 12.1. The average Bonchev–Trinajstić information content (AvgIpc) is 2.66. The molecule has 0 aliphatic heterocycles. The molecular formula is C12H21ClN2OS. The molecule has 0 aromatic carbocycles. The van der Waals surface area contributed by atoms with E-state index in [-0.39, 0.29) is 18.3 Å². The summed E-state index contributed by atoms with van der Waals surface area (Å²) in [6.45, 7) is 5.76. The second-order valence-electron chi connectivity index (χ2n) is 3.90. The first kappa shape index (κ1) is 16.4. The number of aryl methyl sites for hydroxylation is 2. The van der Waals surface area contributed by atoms with Crippen molar-refractivity contribution < 1.29 is 4.79 Å². The zero-order valence-corrected chi connectivity index (χ0v) is 12.5. The van der Waals surface area contributed by atoms with Gasteiger partial charge < -0.3 is 10.2 Å². The van der Waals surface area contributed by atoms with Crippen molar-refractivity contribution in [2.24, 2.45) is 0 Å². The minimum atomic E-state index is 0. The molecule has 98 valence electrons. The Morgan fingerprint density at radius 2 is 2.18 bits per heavy atom. The second kappa shape index (κ2) is 7.69. The molecule has 1 aromatic rings. The number of carbonyl (C=O) groups excluding carboxylic acids is 1. The van der Waals surface area contributed by atoms with Gasteiger partial charge in [0.2, 0.25) is 0 Å². The summed E-state index contributed by atoms with van der Waals surface area (Å²) in [4.78, 5) is 16.0. The summed E-state index contributed by atoms with van der Waals surface area (Å²) >= 11 is 1.62. The van der Waals surface area contributed by atoms with E-state index < -0.39 is 0 Å². The minimum Gasteiger partial charge on any atom is -0.340 e. The highest BCUT2D eigenvalue weighted by Crippen LogP contribution is 2.23. The summed E-state index contributed by atoms with van der Waals surface area (Å²) in [6.07, 6.45) is 1.00. The van der Waals surface area contributed by atoms with Crippen LogP contribution >= 0.6 is 23.7 Å². The zero-order valence-electron chi connectivity index (χ0n) is 10.9. The summed E-state index contributed by atoms with van der Waals surface area (Å²) in [5, 5.41) is 3.04. The fraction of sp³-hybridized carbons (Fsp3) is 0.583. The van der Waals surface area contributed by atoms with Gasteiger partial charge >= 0.3 is 0 Å². The first-order valence-electron chi connectivity index (χ1n) is 5.59. The third kappa shape index (κ3) is 4.30. The molecule has 0 saturated heterocycles. The third-order valence-corrected chi connectivity index (χ3v) is 3.97. The first-order valence-corrected chi connectivity index (χ1v) is 6.41. The van der Waals surface area contributed by atoms with E-state index >= 15 is 0 Å². The van der Waals surface area contributed by atoms with Crippen molar-refractivity contribution in [3.05, 3.63) is 21.4 Å². The number of hydrogen-bond donors (Lipinski definition) is 1. The molecule has 3 nitrogen and oxygen atoms in total. The van der Waals surface area contributed by atoms with Gasteiger partial charge in [0.1, 0.15) is 0 Å². The molecule has 0 atom stereocenters. The summed E-state index contributed by atoms with van der Waals surface area (Å²) < 4.78 is 0. The van der Waals surface area contributed by atoms with Gasteiger partial charge in [-0.3, -0.25) is 4.79 Å². The third-order valence-electron chi connectivity index (χ3n) is 2.60. The molecule has 0 bridgehead atoms. The van der Waals surface area contributed by atoms with Crippen molar-refractivity contribution in [2.75, 3.05) is 27.2 Å². The molecule has 0 saturated carbocycles. The van der Waals surface area contributed by atoms with Gasteiger partial charge in [0.15, 0.2) is 0 Å². The van der Waals surface area contributed by atoms with Crippen molar-refractivity contribution in [3.63, 3.8) is 0 Å². The van der Waals surface area contributed by atoms with E-state index in [9.17, 15) is 4.79 Å². The van der Waals surface area contributed by atoms with Crippen LogP contribution in [0, 0.1) is 6.92 Å². The Hall–Kier alpha value is -0.580. The Morgan fingerprint density at radius 3 is 2.65 bits per heavy atom.